The van der Waals surface area contributed by atoms with Crippen molar-refractivity contribution in [3.8, 4) is 11.3 Å². The molecule has 0 unspecified atom stereocenters. The van der Waals surface area contributed by atoms with Crippen molar-refractivity contribution >= 4 is 5.83 Å². The molecule has 3 aliphatic rings. The van der Waals surface area contributed by atoms with Crippen LogP contribution in [0.25, 0.3) is 17.1 Å². The van der Waals surface area contributed by atoms with Crippen LogP contribution in [0.2, 0.25) is 0 Å². The molecule has 0 radical (unpaired) electrons. The molecule has 17 heavy (non-hydrogen) atoms. The Labute approximate surface area is 98.4 Å². The number of hydrogen-bond acceptors (Lipinski definition) is 1. The Morgan fingerprint density at radius 3 is 2.94 bits per heavy atom. The first-order valence-electron chi connectivity index (χ1n) is 5.66. The maximum absolute atomic E-state index is 13.8. The van der Waals surface area contributed by atoms with Crippen molar-refractivity contribution in [3.63, 3.8) is 0 Å². The quantitative estimate of drug-likeness (QED) is 0.680. The van der Waals surface area contributed by atoms with Gasteiger partial charge in [-0.05, 0) is 37.1 Å². The molecule has 0 spiro atoms. The Bertz CT molecular complexity index is 654. The van der Waals surface area contributed by atoms with Crippen molar-refractivity contribution in [2.24, 2.45) is 7.05 Å². The SMILES string of the molecule is Cn1c2cccc(=O)c-2cc2c1CCC=C2F. The Morgan fingerprint density at radius 2 is 2.12 bits per heavy atom. The van der Waals surface area contributed by atoms with E-state index in [0.29, 0.717) is 11.1 Å². The molecule has 0 aromatic rings. The van der Waals surface area contributed by atoms with Gasteiger partial charge in [0.2, 0.25) is 0 Å². The summed E-state index contributed by atoms with van der Waals surface area (Å²) in [5.74, 6) is -0.216. The van der Waals surface area contributed by atoms with E-state index in [1.165, 1.54) is 6.07 Å². The zero-order valence-electron chi connectivity index (χ0n) is 9.53. The predicted octanol–water partition coefficient (Wildman–Crippen LogP) is 2.75. The van der Waals surface area contributed by atoms with Crippen molar-refractivity contribution in [2.75, 3.05) is 0 Å². The van der Waals surface area contributed by atoms with Gasteiger partial charge in [0, 0.05) is 23.9 Å². The molecule has 0 aromatic carbocycles. The van der Waals surface area contributed by atoms with Crippen LogP contribution in [0, 0.1) is 0 Å². The minimum atomic E-state index is -0.216. The largest absolute Gasteiger partial charge is 0.347 e. The van der Waals surface area contributed by atoms with Crippen molar-refractivity contribution in [1.29, 1.82) is 0 Å². The van der Waals surface area contributed by atoms with Gasteiger partial charge in [-0.2, -0.15) is 0 Å². The van der Waals surface area contributed by atoms with Gasteiger partial charge in [0.1, 0.15) is 5.83 Å². The molecule has 0 amide bonds. The van der Waals surface area contributed by atoms with Crippen LogP contribution < -0.4 is 5.43 Å². The Morgan fingerprint density at radius 1 is 1.29 bits per heavy atom. The molecule has 86 valence electrons. The number of fused-ring (bicyclic) bond motifs is 2. The van der Waals surface area contributed by atoms with Gasteiger partial charge in [-0.3, -0.25) is 4.79 Å². The zero-order valence-corrected chi connectivity index (χ0v) is 9.53. The smallest absolute Gasteiger partial charge is 0.187 e. The van der Waals surface area contributed by atoms with E-state index in [-0.39, 0.29) is 11.3 Å². The Kier molecular flexibility index (Phi) is 2.15. The van der Waals surface area contributed by atoms with Gasteiger partial charge in [0.05, 0.1) is 5.69 Å². The lowest BCUT2D eigenvalue weighted by Crippen LogP contribution is -2.16. The van der Waals surface area contributed by atoms with Crippen LogP contribution in [0.5, 0.6) is 0 Å². The highest BCUT2D eigenvalue weighted by molar-refractivity contribution is 5.72. The molecule has 1 aliphatic heterocycles. The summed E-state index contributed by atoms with van der Waals surface area (Å²) in [6.45, 7) is 0. The number of benzene rings is 1. The summed E-state index contributed by atoms with van der Waals surface area (Å²) in [4.78, 5) is 11.8. The summed E-state index contributed by atoms with van der Waals surface area (Å²) in [7, 11) is 1.89. The first kappa shape index (κ1) is 10.3. The van der Waals surface area contributed by atoms with Gasteiger partial charge >= 0.3 is 0 Å². The second-order valence-corrected chi connectivity index (χ2v) is 4.34. The van der Waals surface area contributed by atoms with Crippen LogP contribution in [0.3, 0.4) is 0 Å². The maximum Gasteiger partial charge on any atom is 0.187 e. The predicted molar refractivity (Wildman–Crippen MR) is 65.7 cm³/mol. The molecule has 0 aromatic heterocycles. The number of rotatable bonds is 0. The third kappa shape index (κ3) is 1.42. The van der Waals surface area contributed by atoms with E-state index in [4.69, 9.17) is 0 Å². The van der Waals surface area contributed by atoms with Crippen LogP contribution in [-0.2, 0) is 13.5 Å². The summed E-state index contributed by atoms with van der Waals surface area (Å²) in [6.07, 6.45) is 3.12. The van der Waals surface area contributed by atoms with E-state index < -0.39 is 0 Å². The highest BCUT2D eigenvalue weighted by Gasteiger charge is 2.19. The van der Waals surface area contributed by atoms with E-state index in [2.05, 4.69) is 0 Å². The fraction of sp³-hybridized carbons (Fsp3) is 0.214. The Balaban J connectivity index is 2.45. The lowest BCUT2D eigenvalue weighted by atomic mass is 9.96. The van der Waals surface area contributed by atoms with Gasteiger partial charge in [-0.1, -0.05) is 6.07 Å². The van der Waals surface area contributed by atoms with E-state index in [0.717, 1.165) is 24.2 Å². The molecular formula is C14H12FNO. The molecule has 0 saturated carbocycles. The van der Waals surface area contributed by atoms with Crippen LogP contribution >= 0.6 is 0 Å². The zero-order chi connectivity index (χ0) is 12.0. The fourth-order valence-corrected chi connectivity index (χ4v) is 2.48. The van der Waals surface area contributed by atoms with Crippen molar-refractivity contribution in [2.45, 2.75) is 12.8 Å². The highest BCUT2D eigenvalue weighted by atomic mass is 19.1. The monoisotopic (exact) mass is 229 g/mol. The number of aromatic nitrogens is 1. The average Bonchev–Trinajstić information content (AvgIpc) is 2.32. The Hall–Kier alpha value is -1.90. The standard InChI is InChI=1S/C14H12FNO/c1-16-12-5-2-4-11(15)9(12)8-10-13(16)6-3-7-14(10)17/h3-4,6-8H,2,5H2,1H3. The van der Waals surface area contributed by atoms with Crippen molar-refractivity contribution in [3.05, 3.63) is 51.8 Å². The lowest BCUT2D eigenvalue weighted by molar-refractivity contribution is 0.708. The van der Waals surface area contributed by atoms with E-state index in [1.807, 2.05) is 17.7 Å². The molecule has 3 heteroatoms. The summed E-state index contributed by atoms with van der Waals surface area (Å²) in [5, 5.41) is 0. The van der Waals surface area contributed by atoms with Crippen LogP contribution in [-0.4, -0.2) is 4.57 Å². The van der Waals surface area contributed by atoms with Gasteiger partial charge in [0.25, 0.3) is 0 Å². The molecule has 2 aliphatic carbocycles. The topological polar surface area (TPSA) is 22.0 Å². The van der Waals surface area contributed by atoms with Gasteiger partial charge in [-0.25, -0.2) is 4.39 Å². The molecule has 1 heterocycles. The minimum absolute atomic E-state index is 0.0562. The molecule has 0 bridgehead atoms. The molecule has 0 atom stereocenters. The van der Waals surface area contributed by atoms with Crippen LogP contribution in [0.1, 0.15) is 17.7 Å². The summed E-state index contributed by atoms with van der Waals surface area (Å²) < 4.78 is 15.7. The normalized spacial score (nSPS) is 14.6. The van der Waals surface area contributed by atoms with Gasteiger partial charge in [-0.15, -0.1) is 0 Å². The van der Waals surface area contributed by atoms with Crippen molar-refractivity contribution in [1.82, 2.24) is 4.57 Å². The second-order valence-electron chi connectivity index (χ2n) is 4.34. The summed E-state index contributed by atoms with van der Waals surface area (Å²) in [5.41, 5.74) is 2.92. The highest BCUT2D eigenvalue weighted by Crippen LogP contribution is 2.32. The molecule has 2 nitrogen and oxygen atoms in total. The van der Waals surface area contributed by atoms with E-state index in [9.17, 15) is 9.18 Å². The molecule has 0 saturated heterocycles. The number of hydrogen-bond donors (Lipinski definition) is 0. The third-order valence-corrected chi connectivity index (χ3v) is 3.37. The minimum Gasteiger partial charge on any atom is -0.347 e. The third-order valence-electron chi connectivity index (χ3n) is 3.37. The first-order chi connectivity index (χ1) is 8.18. The van der Waals surface area contributed by atoms with Crippen molar-refractivity contribution < 1.29 is 4.39 Å². The van der Waals surface area contributed by atoms with Gasteiger partial charge < -0.3 is 4.57 Å². The van der Waals surface area contributed by atoms with Crippen LogP contribution in [0.15, 0.2) is 35.1 Å². The summed E-state index contributed by atoms with van der Waals surface area (Å²) >= 11 is 0. The van der Waals surface area contributed by atoms with Gasteiger partial charge in [0.15, 0.2) is 5.43 Å². The summed E-state index contributed by atoms with van der Waals surface area (Å²) in [6, 6.07) is 6.83. The second kappa shape index (κ2) is 3.55. The number of pyridine rings is 1. The molecule has 0 fully saturated rings. The molecular weight excluding hydrogens is 217 g/mol. The average molecular weight is 229 g/mol. The first-order valence-corrected chi connectivity index (χ1v) is 5.66. The van der Waals surface area contributed by atoms with Crippen LogP contribution in [0.4, 0.5) is 4.39 Å². The molecule has 0 N–H and O–H groups in total. The number of halogens is 1. The number of allylic oxidation sites excluding steroid dienone is 1. The van der Waals surface area contributed by atoms with E-state index >= 15 is 0 Å². The van der Waals surface area contributed by atoms with E-state index in [1.54, 1.807) is 18.2 Å². The maximum atomic E-state index is 13.8. The lowest BCUT2D eigenvalue weighted by Gasteiger charge is -2.22. The molecule has 3 rings (SSSR count). The number of nitrogens with zero attached hydrogens (tertiary/aromatic N) is 1. The fourth-order valence-electron chi connectivity index (χ4n) is 2.48.